The minimum atomic E-state index is -0.577. The van der Waals surface area contributed by atoms with Crippen LogP contribution in [0.3, 0.4) is 0 Å². The van der Waals surface area contributed by atoms with Crippen LogP contribution in [0.4, 0.5) is 0 Å². The monoisotopic (exact) mass is 364 g/mol. The van der Waals surface area contributed by atoms with Crippen molar-refractivity contribution in [3.05, 3.63) is 22.5 Å². The molecule has 1 amide bonds. The highest BCUT2D eigenvalue weighted by atomic mass is 16.5. The van der Waals surface area contributed by atoms with Gasteiger partial charge in [-0.1, -0.05) is 20.8 Å². The Bertz CT molecular complexity index is 688. The molecule has 6 nitrogen and oxygen atoms in total. The molecule has 1 aromatic heterocycles. The topological polar surface area (TPSA) is 68.6 Å². The van der Waals surface area contributed by atoms with E-state index in [-0.39, 0.29) is 17.6 Å². The lowest BCUT2D eigenvalue weighted by Gasteiger charge is -2.29. The van der Waals surface area contributed by atoms with E-state index >= 15 is 0 Å². The lowest BCUT2D eigenvalue weighted by Crippen LogP contribution is -2.44. The maximum absolute atomic E-state index is 13.2. The number of ether oxygens (including phenoxy) is 1. The summed E-state index contributed by atoms with van der Waals surface area (Å²) in [4.78, 5) is 39.5. The largest absolute Gasteiger partial charge is 0.464 e. The summed E-state index contributed by atoms with van der Waals surface area (Å²) in [6, 6.07) is -0.577. The predicted octanol–water partition coefficient (Wildman–Crippen LogP) is 3.28. The first-order valence-electron chi connectivity index (χ1n) is 9.16. The van der Waals surface area contributed by atoms with Crippen molar-refractivity contribution in [2.45, 2.75) is 60.4 Å². The molecule has 0 fully saturated rings. The Balaban J connectivity index is 3.29. The molecule has 1 atom stereocenters. The zero-order valence-electron chi connectivity index (χ0n) is 17.3. The number of methoxy groups -OCH3 is 1. The van der Waals surface area contributed by atoms with Gasteiger partial charge >= 0.3 is 5.97 Å². The summed E-state index contributed by atoms with van der Waals surface area (Å²) in [5.74, 6) is -0.394. The summed E-state index contributed by atoms with van der Waals surface area (Å²) in [6.45, 7) is 11.8. The summed E-state index contributed by atoms with van der Waals surface area (Å²) >= 11 is 0. The van der Waals surface area contributed by atoms with Gasteiger partial charge in [-0.05, 0) is 38.7 Å². The summed E-state index contributed by atoms with van der Waals surface area (Å²) in [6.07, 6.45) is 1.19. The van der Waals surface area contributed by atoms with Crippen LogP contribution in [-0.4, -0.2) is 46.8 Å². The van der Waals surface area contributed by atoms with Crippen molar-refractivity contribution < 1.29 is 19.1 Å². The number of carbonyl (C=O) groups is 3. The number of amides is 1. The highest BCUT2D eigenvalue weighted by Crippen LogP contribution is 2.25. The average molecular weight is 364 g/mol. The van der Waals surface area contributed by atoms with Gasteiger partial charge in [0.05, 0.1) is 13.2 Å². The highest BCUT2D eigenvalue weighted by molar-refractivity contribution is 6.06. The molecule has 0 saturated heterocycles. The Morgan fingerprint density at radius 2 is 1.73 bits per heavy atom. The van der Waals surface area contributed by atoms with E-state index in [1.165, 1.54) is 7.11 Å². The normalized spacial score (nSPS) is 12.2. The number of ketones is 1. The number of hydrogen-bond donors (Lipinski definition) is 0. The van der Waals surface area contributed by atoms with Crippen molar-refractivity contribution in [3.63, 3.8) is 0 Å². The lowest BCUT2D eigenvalue weighted by atomic mass is 9.99. The minimum absolute atomic E-state index is 0.0119. The van der Waals surface area contributed by atoms with Crippen LogP contribution in [0.25, 0.3) is 0 Å². The Hall–Kier alpha value is -2.11. The molecule has 0 aromatic carbocycles. The van der Waals surface area contributed by atoms with E-state index in [9.17, 15) is 14.4 Å². The smallest absolute Gasteiger partial charge is 0.354 e. The van der Waals surface area contributed by atoms with Crippen LogP contribution in [0.2, 0.25) is 0 Å². The van der Waals surface area contributed by atoms with Crippen LogP contribution in [0.5, 0.6) is 0 Å². The molecule has 26 heavy (non-hydrogen) atoms. The van der Waals surface area contributed by atoms with Gasteiger partial charge in [0.15, 0.2) is 5.78 Å². The molecule has 0 spiro atoms. The Morgan fingerprint density at radius 3 is 2.19 bits per heavy atom. The van der Waals surface area contributed by atoms with Crippen LogP contribution >= 0.6 is 0 Å². The number of esters is 1. The van der Waals surface area contributed by atoms with Crippen molar-refractivity contribution in [1.82, 2.24) is 9.47 Å². The van der Waals surface area contributed by atoms with Crippen LogP contribution in [0, 0.1) is 19.8 Å². The first-order chi connectivity index (χ1) is 12.1. The second kappa shape index (κ2) is 9.01. The van der Waals surface area contributed by atoms with Gasteiger partial charge in [-0.15, -0.1) is 0 Å². The second-order valence-corrected chi connectivity index (χ2v) is 7.21. The van der Waals surface area contributed by atoms with Crippen molar-refractivity contribution >= 4 is 17.7 Å². The molecule has 0 N–H and O–H groups in total. The first-order valence-corrected chi connectivity index (χ1v) is 9.16. The third kappa shape index (κ3) is 4.34. The summed E-state index contributed by atoms with van der Waals surface area (Å²) in [5, 5.41) is 0. The maximum atomic E-state index is 13.2. The van der Waals surface area contributed by atoms with E-state index in [1.54, 1.807) is 37.3 Å². The molecule has 0 radical (unpaired) electrons. The fourth-order valence-electron chi connectivity index (χ4n) is 3.32. The number of Topliss-reactive ketones (excluding diaryl/α,β-unsaturated/α-hetero) is 1. The van der Waals surface area contributed by atoms with E-state index in [4.69, 9.17) is 4.74 Å². The van der Waals surface area contributed by atoms with Gasteiger partial charge in [0, 0.05) is 31.3 Å². The van der Waals surface area contributed by atoms with Gasteiger partial charge < -0.3 is 14.2 Å². The third-order valence-corrected chi connectivity index (χ3v) is 4.77. The highest BCUT2D eigenvalue weighted by Gasteiger charge is 2.32. The van der Waals surface area contributed by atoms with Crippen LogP contribution < -0.4 is 0 Å². The first kappa shape index (κ1) is 21.9. The number of hydrogen-bond acceptors (Lipinski definition) is 4. The van der Waals surface area contributed by atoms with Crippen LogP contribution in [-0.2, 0) is 16.6 Å². The van der Waals surface area contributed by atoms with Crippen LogP contribution in [0.1, 0.15) is 72.6 Å². The van der Waals surface area contributed by atoms with Crippen molar-refractivity contribution in [3.8, 4) is 0 Å². The van der Waals surface area contributed by atoms with E-state index in [0.29, 0.717) is 35.5 Å². The third-order valence-electron chi connectivity index (χ3n) is 4.77. The quantitative estimate of drug-likeness (QED) is 0.524. The Morgan fingerprint density at radius 1 is 1.15 bits per heavy atom. The standard InChI is InChI=1S/C20H32N2O4/c1-9-10-22(16(23)11-12(2)3)15(6)19(24)17-13(4)18(20(25)26-8)21(7)14(17)5/h12,15H,9-11H2,1-8H3. The van der Waals surface area contributed by atoms with Crippen molar-refractivity contribution in [2.75, 3.05) is 13.7 Å². The summed E-state index contributed by atoms with van der Waals surface area (Å²) in [7, 11) is 3.06. The van der Waals surface area contributed by atoms with Crippen molar-refractivity contribution in [2.24, 2.45) is 13.0 Å². The number of carbonyl (C=O) groups excluding carboxylic acids is 3. The van der Waals surface area contributed by atoms with Gasteiger partial charge in [0.2, 0.25) is 5.91 Å². The Labute approximate surface area is 156 Å². The molecule has 1 unspecified atom stereocenters. The van der Waals surface area contributed by atoms with E-state index in [1.807, 2.05) is 20.8 Å². The fourth-order valence-corrected chi connectivity index (χ4v) is 3.32. The van der Waals surface area contributed by atoms with E-state index < -0.39 is 12.0 Å². The van der Waals surface area contributed by atoms with Gasteiger partial charge in [-0.3, -0.25) is 9.59 Å². The average Bonchev–Trinajstić information content (AvgIpc) is 2.79. The van der Waals surface area contributed by atoms with Gasteiger partial charge in [0.1, 0.15) is 5.69 Å². The summed E-state index contributed by atoms with van der Waals surface area (Å²) < 4.78 is 6.52. The molecule has 0 aliphatic heterocycles. The number of rotatable bonds is 8. The van der Waals surface area contributed by atoms with Gasteiger partial charge in [-0.25, -0.2) is 4.79 Å². The number of aromatic nitrogens is 1. The molecular formula is C20H32N2O4. The molecule has 1 heterocycles. The number of nitrogens with zero attached hydrogens (tertiary/aromatic N) is 2. The second-order valence-electron chi connectivity index (χ2n) is 7.21. The van der Waals surface area contributed by atoms with Gasteiger partial charge in [0.25, 0.3) is 0 Å². The molecule has 146 valence electrons. The zero-order valence-corrected chi connectivity index (χ0v) is 17.3. The SMILES string of the molecule is CCCN(C(=O)CC(C)C)C(C)C(=O)c1c(C)c(C(=O)OC)n(C)c1C. The lowest BCUT2D eigenvalue weighted by molar-refractivity contribution is -0.133. The molecule has 0 aliphatic carbocycles. The van der Waals surface area contributed by atoms with Crippen molar-refractivity contribution in [1.29, 1.82) is 0 Å². The molecule has 0 aliphatic rings. The van der Waals surface area contributed by atoms with E-state index in [0.717, 1.165) is 6.42 Å². The maximum Gasteiger partial charge on any atom is 0.354 e. The van der Waals surface area contributed by atoms with Crippen LogP contribution in [0.15, 0.2) is 0 Å². The molecule has 1 aromatic rings. The zero-order chi connectivity index (χ0) is 20.2. The Kier molecular flexibility index (Phi) is 7.60. The predicted molar refractivity (Wildman–Crippen MR) is 101 cm³/mol. The summed E-state index contributed by atoms with van der Waals surface area (Å²) in [5.41, 5.74) is 2.17. The molecule has 0 saturated carbocycles. The molecular weight excluding hydrogens is 332 g/mol. The van der Waals surface area contributed by atoms with Gasteiger partial charge in [-0.2, -0.15) is 0 Å². The minimum Gasteiger partial charge on any atom is -0.464 e. The molecule has 0 bridgehead atoms. The molecule has 1 rings (SSSR count). The molecule has 6 heteroatoms. The van der Waals surface area contributed by atoms with E-state index in [2.05, 4.69) is 0 Å². The fraction of sp³-hybridized carbons (Fsp3) is 0.650.